The Bertz CT molecular complexity index is 1480. The number of fused-ring (bicyclic) bond motifs is 1. The molecule has 1 saturated heterocycles. The van der Waals surface area contributed by atoms with E-state index >= 15 is 0 Å². The van der Waals surface area contributed by atoms with E-state index in [1.165, 1.54) is 4.90 Å². The van der Waals surface area contributed by atoms with E-state index in [-0.39, 0.29) is 17.7 Å². The lowest BCUT2D eigenvalue weighted by Gasteiger charge is -2.13. The van der Waals surface area contributed by atoms with Gasteiger partial charge in [0.1, 0.15) is 12.4 Å². The Labute approximate surface area is 220 Å². The first-order chi connectivity index (χ1) is 17.0. The minimum Gasteiger partial charge on any atom is -0.488 e. The Morgan fingerprint density at radius 2 is 1.74 bits per heavy atom. The molecule has 0 atom stereocenters. The molecule has 0 bridgehead atoms. The third-order valence-electron chi connectivity index (χ3n) is 5.62. The zero-order valence-corrected chi connectivity index (χ0v) is 21.6. The number of nitrogens with zero attached hydrogens (tertiary/aromatic N) is 1. The molecule has 4 aromatic carbocycles. The van der Waals surface area contributed by atoms with Crippen LogP contribution in [-0.4, -0.2) is 16.0 Å². The van der Waals surface area contributed by atoms with Crippen molar-refractivity contribution in [3.8, 4) is 5.75 Å². The van der Waals surface area contributed by atoms with Crippen molar-refractivity contribution < 1.29 is 14.3 Å². The SMILES string of the molecule is O=C1S/C(=C\c2cc(Br)ccc2OCc2cccc3ccccc23)C(=O)N1Cc1cccc(Cl)c1. The monoisotopic (exact) mass is 563 g/mol. The first kappa shape index (κ1) is 23.7. The Morgan fingerprint density at radius 1 is 0.943 bits per heavy atom. The first-order valence-corrected chi connectivity index (χ1v) is 12.9. The molecule has 1 heterocycles. The first-order valence-electron chi connectivity index (χ1n) is 10.9. The van der Waals surface area contributed by atoms with Gasteiger partial charge in [-0.1, -0.05) is 82.1 Å². The molecule has 4 nitrogen and oxygen atoms in total. The number of benzene rings is 4. The van der Waals surface area contributed by atoms with Gasteiger partial charge in [0.25, 0.3) is 11.1 Å². The van der Waals surface area contributed by atoms with Gasteiger partial charge in [-0.05, 0) is 70.1 Å². The van der Waals surface area contributed by atoms with Crippen LogP contribution in [0, 0.1) is 0 Å². The second-order valence-corrected chi connectivity index (χ2v) is 10.4. The van der Waals surface area contributed by atoms with E-state index in [9.17, 15) is 9.59 Å². The molecule has 5 rings (SSSR count). The van der Waals surface area contributed by atoms with Crippen molar-refractivity contribution in [1.29, 1.82) is 0 Å². The van der Waals surface area contributed by atoms with Crippen LogP contribution in [-0.2, 0) is 17.9 Å². The highest BCUT2D eigenvalue weighted by molar-refractivity contribution is 9.10. The molecule has 7 heteroatoms. The largest absolute Gasteiger partial charge is 0.488 e. The van der Waals surface area contributed by atoms with Crippen LogP contribution in [0.3, 0.4) is 0 Å². The third-order valence-corrected chi connectivity index (χ3v) is 7.26. The molecule has 1 fully saturated rings. The van der Waals surface area contributed by atoms with Gasteiger partial charge in [-0.25, -0.2) is 0 Å². The number of rotatable bonds is 6. The Morgan fingerprint density at radius 3 is 2.60 bits per heavy atom. The van der Waals surface area contributed by atoms with Gasteiger partial charge in [-0.3, -0.25) is 14.5 Å². The number of hydrogen-bond donors (Lipinski definition) is 0. The van der Waals surface area contributed by atoms with Gasteiger partial charge in [-0.2, -0.15) is 0 Å². The molecule has 2 amide bonds. The fraction of sp³-hybridized carbons (Fsp3) is 0.0714. The standard InChI is InChI=1S/C28H19BrClNO3S/c29-22-11-12-25(34-17-20-8-4-7-19-6-1-2-10-24(19)20)21(14-22)15-26-27(32)31(28(33)35-26)16-18-5-3-9-23(30)13-18/h1-15H,16-17H2/b26-15-. The van der Waals surface area contributed by atoms with Crippen molar-refractivity contribution in [2.24, 2.45) is 0 Å². The van der Waals surface area contributed by atoms with Gasteiger partial charge < -0.3 is 4.74 Å². The number of hydrogen-bond acceptors (Lipinski definition) is 4. The highest BCUT2D eigenvalue weighted by atomic mass is 79.9. The minimum atomic E-state index is -0.333. The molecule has 0 aromatic heterocycles. The number of carbonyl (C=O) groups is 2. The number of thioether (sulfide) groups is 1. The van der Waals surface area contributed by atoms with Gasteiger partial charge in [0.2, 0.25) is 0 Å². The summed E-state index contributed by atoms with van der Waals surface area (Å²) in [5.74, 6) is 0.294. The van der Waals surface area contributed by atoms with Crippen LogP contribution in [0.25, 0.3) is 16.8 Å². The molecule has 174 valence electrons. The fourth-order valence-electron chi connectivity index (χ4n) is 3.93. The summed E-state index contributed by atoms with van der Waals surface area (Å²) in [5, 5.41) is 2.54. The van der Waals surface area contributed by atoms with Crippen LogP contribution in [0.15, 0.2) is 94.3 Å². The molecule has 0 unspecified atom stereocenters. The summed E-state index contributed by atoms with van der Waals surface area (Å²) in [5.41, 5.74) is 2.58. The van der Waals surface area contributed by atoms with Gasteiger partial charge in [0.05, 0.1) is 11.4 Å². The van der Waals surface area contributed by atoms with Crippen molar-refractivity contribution in [2.45, 2.75) is 13.2 Å². The van der Waals surface area contributed by atoms with Gasteiger partial charge >= 0.3 is 0 Å². The predicted molar refractivity (Wildman–Crippen MR) is 145 cm³/mol. The van der Waals surface area contributed by atoms with Crippen LogP contribution in [0.1, 0.15) is 16.7 Å². The second kappa shape index (κ2) is 10.3. The fourth-order valence-corrected chi connectivity index (χ4v) is 5.35. The molecule has 0 saturated carbocycles. The van der Waals surface area contributed by atoms with Gasteiger partial charge in [0.15, 0.2) is 0 Å². The molecular weight excluding hydrogens is 546 g/mol. The van der Waals surface area contributed by atoms with Crippen molar-refractivity contribution in [2.75, 3.05) is 0 Å². The zero-order valence-electron chi connectivity index (χ0n) is 18.4. The molecular formula is C28H19BrClNO3S. The molecule has 0 spiro atoms. The van der Waals surface area contributed by atoms with E-state index in [1.807, 2.05) is 48.5 Å². The summed E-state index contributed by atoms with van der Waals surface area (Å²) in [6.45, 7) is 0.547. The Hall–Kier alpha value is -3.06. The van der Waals surface area contributed by atoms with E-state index < -0.39 is 0 Å². The van der Waals surface area contributed by atoms with Crippen molar-refractivity contribution in [1.82, 2.24) is 4.90 Å². The molecule has 4 aromatic rings. The summed E-state index contributed by atoms with van der Waals surface area (Å²) in [7, 11) is 0. The van der Waals surface area contributed by atoms with Crippen LogP contribution >= 0.6 is 39.3 Å². The number of ether oxygens (including phenoxy) is 1. The Kier molecular flexibility index (Phi) is 6.95. The highest BCUT2D eigenvalue weighted by Gasteiger charge is 2.35. The number of carbonyl (C=O) groups excluding carboxylic acids is 2. The van der Waals surface area contributed by atoms with Gasteiger partial charge in [-0.15, -0.1) is 0 Å². The van der Waals surface area contributed by atoms with E-state index in [2.05, 4.69) is 34.1 Å². The van der Waals surface area contributed by atoms with Crippen LogP contribution < -0.4 is 4.74 Å². The van der Waals surface area contributed by atoms with Crippen molar-refractivity contribution in [3.05, 3.63) is 116 Å². The van der Waals surface area contributed by atoms with E-state index in [0.29, 0.717) is 27.8 Å². The van der Waals surface area contributed by atoms with Crippen molar-refractivity contribution >= 4 is 67.3 Å². The summed E-state index contributed by atoms with van der Waals surface area (Å²) < 4.78 is 7.04. The predicted octanol–water partition coefficient (Wildman–Crippen LogP) is 8.07. The maximum absolute atomic E-state index is 13.1. The molecule has 1 aliphatic heterocycles. The second-order valence-electron chi connectivity index (χ2n) is 8.01. The topological polar surface area (TPSA) is 46.6 Å². The summed E-state index contributed by atoms with van der Waals surface area (Å²) in [6.07, 6.45) is 1.71. The zero-order chi connectivity index (χ0) is 24.4. The molecule has 0 aliphatic carbocycles. The van der Waals surface area contributed by atoms with E-state index in [0.717, 1.165) is 38.1 Å². The summed E-state index contributed by atoms with van der Waals surface area (Å²) in [4.78, 5) is 27.3. The maximum Gasteiger partial charge on any atom is 0.293 e. The lowest BCUT2D eigenvalue weighted by molar-refractivity contribution is -0.123. The quantitative estimate of drug-likeness (QED) is 0.222. The van der Waals surface area contributed by atoms with Crippen LogP contribution in [0.4, 0.5) is 4.79 Å². The van der Waals surface area contributed by atoms with Gasteiger partial charge in [0, 0.05) is 15.1 Å². The highest BCUT2D eigenvalue weighted by Crippen LogP contribution is 2.36. The summed E-state index contributed by atoms with van der Waals surface area (Å²) in [6, 6.07) is 27.1. The number of imide groups is 1. The third kappa shape index (κ3) is 5.30. The molecule has 0 radical (unpaired) electrons. The average Bonchev–Trinajstić information content (AvgIpc) is 3.11. The van der Waals surface area contributed by atoms with Crippen LogP contribution in [0.2, 0.25) is 5.02 Å². The minimum absolute atomic E-state index is 0.172. The van der Waals surface area contributed by atoms with Crippen molar-refractivity contribution in [3.63, 3.8) is 0 Å². The lowest BCUT2D eigenvalue weighted by Crippen LogP contribution is -2.27. The molecule has 0 N–H and O–H groups in total. The number of amides is 2. The van der Waals surface area contributed by atoms with E-state index in [1.54, 1.807) is 24.3 Å². The summed E-state index contributed by atoms with van der Waals surface area (Å²) >= 11 is 10.5. The smallest absolute Gasteiger partial charge is 0.293 e. The van der Waals surface area contributed by atoms with E-state index in [4.69, 9.17) is 16.3 Å². The Balaban J connectivity index is 1.39. The molecule has 35 heavy (non-hydrogen) atoms. The average molecular weight is 565 g/mol. The maximum atomic E-state index is 13.1. The normalized spacial score (nSPS) is 14.8. The number of halogens is 2. The van der Waals surface area contributed by atoms with Crippen LogP contribution in [0.5, 0.6) is 5.75 Å². The lowest BCUT2D eigenvalue weighted by atomic mass is 10.1. The molecule has 1 aliphatic rings.